The summed E-state index contributed by atoms with van der Waals surface area (Å²) in [6.07, 6.45) is 0. The molecule has 0 bridgehead atoms. The third-order valence-corrected chi connectivity index (χ3v) is 10.9. The van der Waals surface area contributed by atoms with Gasteiger partial charge in [0.2, 0.25) is 0 Å². The molecule has 0 saturated carbocycles. The predicted molar refractivity (Wildman–Crippen MR) is 211 cm³/mol. The second-order valence-electron chi connectivity index (χ2n) is 12.6. The number of benzene rings is 8. The number of aromatic nitrogens is 1. The van der Waals surface area contributed by atoms with E-state index in [9.17, 15) is 0 Å². The van der Waals surface area contributed by atoms with Gasteiger partial charge in [0.1, 0.15) is 0 Å². The number of fused-ring (bicyclic) bond motifs is 8. The molecule has 0 radical (unpaired) electrons. The molecule has 8 aromatic carbocycles. The number of hydrogen-bond donors (Lipinski definition) is 0. The number of hydrogen-bond acceptors (Lipinski definition) is 2. The van der Waals surface area contributed by atoms with Crippen molar-refractivity contribution in [2.75, 3.05) is 4.90 Å². The first-order valence-electron chi connectivity index (χ1n) is 16.7. The quantitative estimate of drug-likeness (QED) is 0.181. The van der Waals surface area contributed by atoms with Crippen molar-refractivity contribution in [1.29, 1.82) is 0 Å². The van der Waals surface area contributed by atoms with Crippen LogP contribution >= 0.6 is 11.3 Å². The SMILES string of the molecule is c1ccc(-c2ccccc2N(c2ccc3c(c2)sc2ccccc23)c2ccc3ccc4c5ccccc5n(-c5ccccc5)c4c3c2)cc1. The number of rotatable bonds is 5. The first-order valence-corrected chi connectivity index (χ1v) is 17.5. The molecule has 0 aliphatic carbocycles. The lowest BCUT2D eigenvalue weighted by atomic mass is 10.0. The zero-order valence-corrected chi connectivity index (χ0v) is 27.4. The fourth-order valence-electron chi connectivity index (χ4n) is 7.56. The molecule has 0 aliphatic rings. The molecule has 0 spiro atoms. The summed E-state index contributed by atoms with van der Waals surface area (Å²) in [5.41, 5.74) is 9.38. The van der Waals surface area contributed by atoms with Crippen molar-refractivity contribution >= 4 is 81.1 Å². The van der Waals surface area contributed by atoms with Crippen LogP contribution in [0.3, 0.4) is 0 Å². The fourth-order valence-corrected chi connectivity index (χ4v) is 8.70. The highest BCUT2D eigenvalue weighted by Gasteiger charge is 2.21. The minimum atomic E-state index is 1.12. The van der Waals surface area contributed by atoms with Crippen molar-refractivity contribution in [3.05, 3.63) is 182 Å². The number of thiophene rings is 1. The summed E-state index contributed by atoms with van der Waals surface area (Å²) in [4.78, 5) is 2.44. The molecule has 3 heteroatoms. The summed E-state index contributed by atoms with van der Waals surface area (Å²) in [5.74, 6) is 0. The third kappa shape index (κ3) is 4.47. The molecular formula is C46H30N2S. The van der Waals surface area contributed by atoms with Crippen molar-refractivity contribution in [2.24, 2.45) is 0 Å². The van der Waals surface area contributed by atoms with Gasteiger partial charge in [-0.25, -0.2) is 0 Å². The molecule has 0 N–H and O–H groups in total. The van der Waals surface area contributed by atoms with Crippen LogP contribution in [0.4, 0.5) is 17.1 Å². The van der Waals surface area contributed by atoms with Gasteiger partial charge in [-0.2, -0.15) is 0 Å². The monoisotopic (exact) mass is 642 g/mol. The molecule has 2 nitrogen and oxygen atoms in total. The van der Waals surface area contributed by atoms with Crippen LogP contribution in [0.2, 0.25) is 0 Å². The molecule has 2 heterocycles. The van der Waals surface area contributed by atoms with Crippen LogP contribution in [0, 0.1) is 0 Å². The smallest absolute Gasteiger partial charge is 0.0620 e. The minimum Gasteiger partial charge on any atom is -0.310 e. The molecule has 10 aromatic rings. The maximum atomic E-state index is 2.44. The van der Waals surface area contributed by atoms with Gasteiger partial charge in [0.25, 0.3) is 0 Å². The molecule has 0 aliphatic heterocycles. The summed E-state index contributed by atoms with van der Waals surface area (Å²) in [5, 5.41) is 7.57. The lowest BCUT2D eigenvalue weighted by molar-refractivity contribution is 1.19. The highest BCUT2D eigenvalue weighted by atomic mass is 32.1. The molecule has 49 heavy (non-hydrogen) atoms. The van der Waals surface area contributed by atoms with Crippen molar-refractivity contribution in [1.82, 2.24) is 4.57 Å². The lowest BCUT2D eigenvalue weighted by Gasteiger charge is -2.28. The first-order chi connectivity index (χ1) is 24.3. The molecule has 0 amide bonds. The fraction of sp³-hybridized carbons (Fsp3) is 0. The summed E-state index contributed by atoms with van der Waals surface area (Å²) in [7, 11) is 0. The van der Waals surface area contributed by atoms with E-state index >= 15 is 0 Å². The standard InChI is InChI=1S/C46H30N2S/c1-3-13-31(14-4-1)36-17-7-10-20-42(36)47(35-26-28-39-38-19-9-12-22-44(38)49-45(39)30-35)34-25-23-32-24-27-40-37-18-8-11-21-43(37)48(46(40)41(32)29-34)33-15-5-2-6-16-33/h1-30H. The van der Waals surface area contributed by atoms with Crippen LogP contribution in [-0.2, 0) is 0 Å². The van der Waals surface area contributed by atoms with Gasteiger partial charge in [-0.15, -0.1) is 11.3 Å². The van der Waals surface area contributed by atoms with Crippen molar-refractivity contribution < 1.29 is 0 Å². The van der Waals surface area contributed by atoms with E-state index < -0.39 is 0 Å². The van der Waals surface area contributed by atoms with E-state index in [1.165, 1.54) is 63.9 Å². The Morgan fingerprint density at radius 3 is 1.94 bits per heavy atom. The Morgan fingerprint density at radius 2 is 1.06 bits per heavy atom. The Balaban J connectivity index is 1.28. The highest BCUT2D eigenvalue weighted by molar-refractivity contribution is 7.25. The Bertz CT molecular complexity index is 2830. The molecule has 0 unspecified atom stereocenters. The second-order valence-corrected chi connectivity index (χ2v) is 13.6. The Morgan fingerprint density at radius 1 is 0.429 bits per heavy atom. The molecule has 0 saturated heterocycles. The van der Waals surface area contributed by atoms with Gasteiger partial charge in [0, 0.05) is 59.0 Å². The topological polar surface area (TPSA) is 8.17 Å². The molecule has 10 rings (SSSR count). The summed E-state index contributed by atoms with van der Waals surface area (Å²) < 4.78 is 5.03. The predicted octanol–water partition coefficient (Wildman–Crippen LogP) is 13.4. The summed E-state index contributed by atoms with van der Waals surface area (Å²) in [6.45, 7) is 0. The van der Waals surface area contributed by atoms with E-state index in [-0.39, 0.29) is 0 Å². The van der Waals surface area contributed by atoms with Crippen LogP contribution in [0.5, 0.6) is 0 Å². The van der Waals surface area contributed by atoms with E-state index in [1.54, 1.807) is 0 Å². The number of para-hydroxylation sites is 3. The van der Waals surface area contributed by atoms with E-state index in [2.05, 4.69) is 191 Å². The Hall–Kier alpha value is -6.16. The summed E-state index contributed by atoms with van der Waals surface area (Å²) >= 11 is 1.86. The van der Waals surface area contributed by atoms with Crippen molar-refractivity contribution in [2.45, 2.75) is 0 Å². The molecular weight excluding hydrogens is 613 g/mol. The van der Waals surface area contributed by atoms with E-state index in [0.29, 0.717) is 0 Å². The van der Waals surface area contributed by atoms with Crippen LogP contribution in [0.1, 0.15) is 0 Å². The van der Waals surface area contributed by atoms with Gasteiger partial charge in [0.05, 0.1) is 16.7 Å². The normalized spacial score (nSPS) is 11.7. The first kappa shape index (κ1) is 27.9. The van der Waals surface area contributed by atoms with Crippen molar-refractivity contribution in [3.63, 3.8) is 0 Å². The Labute approximate surface area is 288 Å². The van der Waals surface area contributed by atoms with Gasteiger partial charge in [-0.1, -0.05) is 127 Å². The zero-order chi connectivity index (χ0) is 32.3. The van der Waals surface area contributed by atoms with E-state index in [1.807, 2.05) is 11.3 Å². The van der Waals surface area contributed by atoms with E-state index in [0.717, 1.165) is 22.7 Å². The van der Waals surface area contributed by atoms with E-state index in [4.69, 9.17) is 0 Å². The highest BCUT2D eigenvalue weighted by Crippen LogP contribution is 2.45. The van der Waals surface area contributed by atoms with Crippen LogP contribution in [-0.4, -0.2) is 4.57 Å². The van der Waals surface area contributed by atoms with Gasteiger partial charge in [-0.3, -0.25) is 0 Å². The third-order valence-electron chi connectivity index (χ3n) is 9.76. The molecule has 230 valence electrons. The van der Waals surface area contributed by atoms with Gasteiger partial charge >= 0.3 is 0 Å². The van der Waals surface area contributed by atoms with Crippen LogP contribution < -0.4 is 4.90 Å². The molecule has 2 aromatic heterocycles. The number of nitrogens with zero attached hydrogens (tertiary/aromatic N) is 2. The maximum Gasteiger partial charge on any atom is 0.0620 e. The second kappa shape index (κ2) is 11.2. The Kier molecular flexibility index (Phi) is 6.39. The molecule has 0 fully saturated rings. The average Bonchev–Trinajstić information content (AvgIpc) is 3.72. The average molecular weight is 643 g/mol. The zero-order valence-electron chi connectivity index (χ0n) is 26.6. The van der Waals surface area contributed by atoms with Crippen LogP contribution in [0.25, 0.3) is 69.6 Å². The molecule has 0 atom stereocenters. The minimum absolute atomic E-state index is 1.12. The summed E-state index contributed by atoms with van der Waals surface area (Å²) in [6, 6.07) is 66.2. The van der Waals surface area contributed by atoms with Gasteiger partial charge in [-0.05, 0) is 65.5 Å². The lowest BCUT2D eigenvalue weighted by Crippen LogP contribution is -2.11. The van der Waals surface area contributed by atoms with Gasteiger partial charge < -0.3 is 9.47 Å². The van der Waals surface area contributed by atoms with Crippen LogP contribution in [0.15, 0.2) is 182 Å². The van der Waals surface area contributed by atoms with Crippen molar-refractivity contribution in [3.8, 4) is 16.8 Å². The number of anilines is 3. The maximum absolute atomic E-state index is 2.44. The largest absolute Gasteiger partial charge is 0.310 e. The van der Waals surface area contributed by atoms with Gasteiger partial charge in [0.15, 0.2) is 0 Å².